The number of hydrogen-bond acceptors (Lipinski definition) is 5. The summed E-state index contributed by atoms with van der Waals surface area (Å²) in [6, 6.07) is 13.5. The minimum absolute atomic E-state index is 0.0182. The van der Waals surface area contributed by atoms with Crippen LogP contribution < -0.4 is 5.32 Å². The molecule has 0 atom stereocenters. The molecule has 1 aliphatic heterocycles. The lowest BCUT2D eigenvalue weighted by molar-refractivity contribution is -0.122. The van der Waals surface area contributed by atoms with Crippen molar-refractivity contribution in [2.24, 2.45) is 0 Å². The van der Waals surface area contributed by atoms with Gasteiger partial charge in [-0.25, -0.2) is 13.8 Å². The van der Waals surface area contributed by atoms with Gasteiger partial charge in [0.1, 0.15) is 0 Å². The molecule has 10 heteroatoms. The Kier molecular flexibility index (Phi) is 5.81. The van der Waals surface area contributed by atoms with E-state index in [1.807, 2.05) is 30.3 Å². The maximum absolute atomic E-state index is 12.8. The summed E-state index contributed by atoms with van der Waals surface area (Å²) in [7, 11) is 0. The van der Waals surface area contributed by atoms with Crippen LogP contribution in [0, 0.1) is 0 Å². The van der Waals surface area contributed by atoms with Crippen molar-refractivity contribution in [3.63, 3.8) is 0 Å². The number of benzene rings is 2. The number of amides is 3. The van der Waals surface area contributed by atoms with Crippen LogP contribution in [-0.4, -0.2) is 45.0 Å². The molecule has 3 aromatic rings. The molecule has 1 aromatic heterocycles. The molecule has 0 bridgehead atoms. The maximum Gasteiger partial charge on any atom is 0.295 e. The summed E-state index contributed by atoms with van der Waals surface area (Å²) in [6.45, 7) is 0.0726. The molecule has 31 heavy (non-hydrogen) atoms. The van der Waals surface area contributed by atoms with Crippen LogP contribution in [-0.2, 0) is 4.79 Å². The number of imide groups is 1. The molecule has 0 unspecified atom stereocenters. The molecule has 3 amide bonds. The molecule has 2 aromatic carbocycles. The molecule has 1 saturated heterocycles. The third-order valence-corrected chi connectivity index (χ3v) is 5.47. The van der Waals surface area contributed by atoms with Gasteiger partial charge in [0.2, 0.25) is 0 Å². The molecule has 1 fully saturated rings. The Morgan fingerprint density at radius 1 is 1.19 bits per heavy atom. The first-order chi connectivity index (χ1) is 14.9. The van der Waals surface area contributed by atoms with E-state index in [0.29, 0.717) is 15.9 Å². The second-order valence-corrected chi connectivity index (χ2v) is 7.65. The Labute approximate surface area is 179 Å². The van der Waals surface area contributed by atoms with E-state index < -0.39 is 29.3 Å². The highest BCUT2D eigenvalue weighted by atomic mass is 32.2. The first-order valence-corrected chi connectivity index (χ1v) is 10.1. The van der Waals surface area contributed by atoms with E-state index in [4.69, 9.17) is 0 Å². The van der Waals surface area contributed by atoms with Crippen LogP contribution in [0.3, 0.4) is 0 Å². The minimum atomic E-state index is -2.74. The number of alkyl halides is 2. The fourth-order valence-corrected chi connectivity index (χ4v) is 3.92. The molecule has 7 nitrogen and oxygen atoms in total. The van der Waals surface area contributed by atoms with Crippen LogP contribution in [0.2, 0.25) is 0 Å². The van der Waals surface area contributed by atoms with Crippen LogP contribution in [0.5, 0.6) is 0 Å². The van der Waals surface area contributed by atoms with Crippen LogP contribution in [0.25, 0.3) is 17.1 Å². The zero-order valence-corrected chi connectivity index (χ0v) is 16.8. The smallest absolute Gasteiger partial charge is 0.295 e. The van der Waals surface area contributed by atoms with Gasteiger partial charge in [-0.1, -0.05) is 30.3 Å². The van der Waals surface area contributed by atoms with Gasteiger partial charge in [-0.2, -0.15) is 0 Å². The van der Waals surface area contributed by atoms with Crippen LogP contribution in [0.1, 0.15) is 28.2 Å². The third-order valence-electron chi connectivity index (χ3n) is 4.56. The number of thioether (sulfide) groups is 1. The fourth-order valence-electron chi connectivity index (χ4n) is 3.05. The molecule has 2 heterocycles. The van der Waals surface area contributed by atoms with Crippen molar-refractivity contribution >= 4 is 45.9 Å². The van der Waals surface area contributed by atoms with Crippen molar-refractivity contribution in [2.45, 2.75) is 6.43 Å². The molecule has 0 saturated carbocycles. The van der Waals surface area contributed by atoms with Crippen molar-refractivity contribution in [2.75, 3.05) is 13.1 Å². The van der Waals surface area contributed by atoms with Crippen LogP contribution in [0.4, 0.5) is 13.6 Å². The zero-order valence-electron chi connectivity index (χ0n) is 16.0. The number of hydrogen-bond donors (Lipinski definition) is 2. The van der Waals surface area contributed by atoms with Crippen molar-refractivity contribution in [1.82, 2.24) is 20.2 Å². The number of nitrogens with one attached hydrogen (secondary N) is 2. The SMILES string of the molecule is O=C(NCCN1C(=O)S/C(=C/c2ccccc2)C1=O)c1ccc2nc(C(F)F)[nH]c2c1. The Bertz CT molecular complexity index is 1190. The number of halogens is 2. The van der Waals surface area contributed by atoms with Gasteiger partial charge in [0, 0.05) is 18.7 Å². The number of H-pyrrole nitrogens is 1. The molecular weight excluding hydrogens is 426 g/mol. The molecule has 2 N–H and O–H groups in total. The van der Waals surface area contributed by atoms with Gasteiger partial charge in [0.25, 0.3) is 23.5 Å². The monoisotopic (exact) mass is 442 g/mol. The number of fused-ring (bicyclic) bond motifs is 1. The van der Waals surface area contributed by atoms with Crippen molar-refractivity contribution in [1.29, 1.82) is 0 Å². The normalized spacial score (nSPS) is 15.5. The average Bonchev–Trinajstić information content (AvgIpc) is 3.30. The summed E-state index contributed by atoms with van der Waals surface area (Å²) in [5, 5.41) is 2.23. The van der Waals surface area contributed by atoms with Crippen LogP contribution in [0.15, 0.2) is 53.4 Å². The number of carbonyl (C=O) groups is 3. The highest BCUT2D eigenvalue weighted by molar-refractivity contribution is 8.18. The Balaban J connectivity index is 1.37. The minimum Gasteiger partial charge on any atom is -0.350 e. The molecule has 0 aliphatic carbocycles. The quantitative estimate of drug-likeness (QED) is 0.564. The van der Waals surface area contributed by atoms with E-state index in [9.17, 15) is 23.2 Å². The Hall–Kier alpha value is -3.53. The predicted molar refractivity (Wildman–Crippen MR) is 113 cm³/mol. The standard InChI is InChI=1S/C21H16F2N4O3S/c22-17(23)18-25-14-7-6-13(11-15(14)26-18)19(28)24-8-9-27-20(29)16(31-21(27)30)10-12-4-2-1-3-5-12/h1-7,10-11,17H,8-9H2,(H,24,28)(H,25,26)/b16-10+. The predicted octanol–water partition coefficient (Wildman–Crippen LogP) is 3.97. The number of carbonyl (C=O) groups excluding carboxylic acids is 3. The summed E-state index contributed by atoms with van der Waals surface area (Å²) in [4.78, 5) is 44.7. The van der Waals surface area contributed by atoms with E-state index in [2.05, 4.69) is 15.3 Å². The van der Waals surface area contributed by atoms with E-state index in [1.54, 1.807) is 6.08 Å². The van der Waals surface area contributed by atoms with Gasteiger partial charge in [0.15, 0.2) is 5.82 Å². The van der Waals surface area contributed by atoms with E-state index in [-0.39, 0.29) is 18.7 Å². The third kappa shape index (κ3) is 4.48. The first-order valence-electron chi connectivity index (χ1n) is 9.29. The van der Waals surface area contributed by atoms with Crippen molar-refractivity contribution in [3.05, 3.63) is 70.4 Å². The van der Waals surface area contributed by atoms with Gasteiger partial charge in [-0.05, 0) is 41.6 Å². The summed E-state index contributed by atoms with van der Waals surface area (Å²) < 4.78 is 25.5. The molecule has 4 rings (SSSR count). The largest absolute Gasteiger partial charge is 0.350 e. The van der Waals surface area contributed by atoms with Crippen LogP contribution >= 0.6 is 11.8 Å². The molecule has 0 radical (unpaired) electrons. The second-order valence-electron chi connectivity index (χ2n) is 6.65. The average molecular weight is 442 g/mol. The van der Waals surface area contributed by atoms with Crippen molar-refractivity contribution in [3.8, 4) is 0 Å². The topological polar surface area (TPSA) is 95.2 Å². The number of aromatic nitrogens is 2. The molecule has 158 valence electrons. The van der Waals surface area contributed by atoms with Gasteiger partial charge >= 0.3 is 0 Å². The van der Waals surface area contributed by atoms with E-state index in [1.165, 1.54) is 18.2 Å². The Morgan fingerprint density at radius 3 is 2.71 bits per heavy atom. The lowest BCUT2D eigenvalue weighted by Gasteiger charge is -2.13. The van der Waals surface area contributed by atoms with E-state index >= 15 is 0 Å². The van der Waals surface area contributed by atoms with Gasteiger partial charge in [-0.15, -0.1) is 0 Å². The number of aromatic amines is 1. The number of imidazole rings is 1. The Morgan fingerprint density at radius 2 is 1.97 bits per heavy atom. The summed E-state index contributed by atoms with van der Waals surface area (Å²) in [6.07, 6.45) is -1.09. The fraction of sp³-hybridized carbons (Fsp3) is 0.143. The van der Waals surface area contributed by atoms with Gasteiger partial charge < -0.3 is 10.3 Å². The highest BCUT2D eigenvalue weighted by Gasteiger charge is 2.34. The van der Waals surface area contributed by atoms with Gasteiger partial charge in [0.05, 0.1) is 15.9 Å². The molecule has 0 spiro atoms. The summed E-state index contributed by atoms with van der Waals surface area (Å²) in [5.41, 5.74) is 1.70. The summed E-state index contributed by atoms with van der Waals surface area (Å²) in [5.74, 6) is -1.33. The zero-order chi connectivity index (χ0) is 22.0. The molecular formula is C21H16F2N4O3S. The molecule has 1 aliphatic rings. The summed E-state index contributed by atoms with van der Waals surface area (Å²) >= 11 is 0.851. The number of nitrogens with zero attached hydrogens (tertiary/aromatic N) is 2. The van der Waals surface area contributed by atoms with E-state index in [0.717, 1.165) is 22.2 Å². The van der Waals surface area contributed by atoms with Crippen molar-refractivity contribution < 1.29 is 23.2 Å². The maximum atomic E-state index is 12.8. The number of rotatable bonds is 6. The lowest BCUT2D eigenvalue weighted by atomic mass is 10.2. The lowest BCUT2D eigenvalue weighted by Crippen LogP contribution is -2.37. The first kappa shape index (κ1) is 20.7. The second kappa shape index (κ2) is 8.68. The highest BCUT2D eigenvalue weighted by Crippen LogP contribution is 2.31. The van der Waals surface area contributed by atoms with Gasteiger partial charge in [-0.3, -0.25) is 19.3 Å².